The maximum atomic E-state index is 13.0. The van der Waals surface area contributed by atoms with Crippen molar-refractivity contribution in [2.75, 3.05) is 0 Å². The van der Waals surface area contributed by atoms with E-state index in [1.165, 1.54) is 12.1 Å². The van der Waals surface area contributed by atoms with Crippen molar-refractivity contribution >= 4 is 12.0 Å². The fraction of sp³-hybridized carbons (Fsp3) is 0.478. The van der Waals surface area contributed by atoms with Gasteiger partial charge in [0.2, 0.25) is 5.88 Å². The van der Waals surface area contributed by atoms with Gasteiger partial charge in [-0.15, -0.1) is 0 Å². The minimum atomic E-state index is -0.595. The molecular weight excluding hydrogens is 399 g/mol. The second-order valence-corrected chi connectivity index (χ2v) is 9.47. The highest BCUT2D eigenvalue weighted by atomic mass is 19.1. The lowest BCUT2D eigenvalue weighted by atomic mass is 9.50. The monoisotopic (exact) mass is 424 g/mol. The van der Waals surface area contributed by atoms with Crippen LogP contribution < -0.4 is 15.4 Å². The molecule has 2 aromatic rings. The number of carbonyl (C=O) groups is 2. The molecule has 4 aliphatic carbocycles. The van der Waals surface area contributed by atoms with Gasteiger partial charge in [0.15, 0.2) is 0 Å². The normalized spacial score (nSPS) is 30.6. The predicted octanol–water partition coefficient (Wildman–Crippen LogP) is 3.53. The van der Waals surface area contributed by atoms with Crippen LogP contribution in [0.15, 0.2) is 36.5 Å². The van der Waals surface area contributed by atoms with E-state index in [-0.39, 0.29) is 17.3 Å². The van der Waals surface area contributed by atoms with E-state index in [4.69, 9.17) is 4.74 Å². The van der Waals surface area contributed by atoms with Gasteiger partial charge in [0.1, 0.15) is 11.5 Å². The summed E-state index contributed by atoms with van der Waals surface area (Å²) < 4.78 is 18.3. The van der Waals surface area contributed by atoms with Crippen LogP contribution in [0.2, 0.25) is 0 Å². The maximum Gasteiger partial charge on any atom is 0.414 e. The fourth-order valence-electron chi connectivity index (χ4n) is 6.29. The first-order chi connectivity index (χ1) is 14.8. The van der Waals surface area contributed by atoms with E-state index in [0.29, 0.717) is 24.0 Å². The van der Waals surface area contributed by atoms with E-state index in [1.54, 1.807) is 6.07 Å². The molecule has 2 atom stereocenters. The van der Waals surface area contributed by atoms with Crippen molar-refractivity contribution in [3.05, 3.63) is 53.7 Å². The molecule has 0 radical (unpaired) electrons. The van der Waals surface area contributed by atoms with Crippen LogP contribution in [0.4, 0.5) is 9.18 Å². The van der Waals surface area contributed by atoms with Crippen LogP contribution in [-0.4, -0.2) is 33.0 Å². The van der Waals surface area contributed by atoms with Crippen LogP contribution in [0, 0.1) is 24.6 Å². The van der Waals surface area contributed by atoms with Crippen LogP contribution in [-0.2, 0) is 0 Å². The van der Waals surface area contributed by atoms with Crippen molar-refractivity contribution in [2.24, 2.45) is 11.8 Å². The molecule has 7 nitrogen and oxygen atoms in total. The summed E-state index contributed by atoms with van der Waals surface area (Å²) in [5.41, 5.74) is 0.440. The molecule has 4 fully saturated rings. The number of carbonyl (C=O) groups excluding carboxylic acids is 2. The number of hydrogen-bond acceptors (Lipinski definition) is 5. The first-order valence-corrected chi connectivity index (χ1v) is 10.7. The standard InChI is InChI=1S/C23H25FN4O3/c1-14-3-2-4-18(26-14)20(29)27-22-8-15-7-16(9-22)11-23(10-15,13-22)28-21(30)31-19-6-5-17(24)12-25-19/h2-6,12,15-16H,7-11,13H2,1H3,(H,27,29)(H,28,30). The molecule has 0 spiro atoms. The molecule has 162 valence electrons. The Morgan fingerprint density at radius 2 is 1.77 bits per heavy atom. The average molecular weight is 424 g/mol. The number of aryl methyl sites for hydroxylation is 1. The molecule has 2 N–H and O–H groups in total. The van der Waals surface area contributed by atoms with E-state index >= 15 is 0 Å². The van der Waals surface area contributed by atoms with Crippen molar-refractivity contribution in [3.8, 4) is 5.88 Å². The van der Waals surface area contributed by atoms with Gasteiger partial charge in [0, 0.05) is 22.8 Å². The molecule has 0 saturated heterocycles. The number of ether oxygens (including phenoxy) is 1. The molecule has 4 saturated carbocycles. The van der Waals surface area contributed by atoms with Gasteiger partial charge in [-0.1, -0.05) is 6.07 Å². The Morgan fingerprint density at radius 1 is 1.06 bits per heavy atom. The molecule has 4 aliphatic rings. The minimum Gasteiger partial charge on any atom is -0.391 e. The molecule has 4 bridgehead atoms. The lowest BCUT2D eigenvalue weighted by Crippen LogP contribution is -2.70. The molecule has 8 heteroatoms. The van der Waals surface area contributed by atoms with Gasteiger partial charge >= 0.3 is 6.09 Å². The number of aromatic nitrogens is 2. The van der Waals surface area contributed by atoms with Gasteiger partial charge in [0.05, 0.1) is 6.20 Å². The summed E-state index contributed by atoms with van der Waals surface area (Å²) in [6.07, 6.45) is 5.78. The van der Waals surface area contributed by atoms with E-state index < -0.39 is 17.4 Å². The van der Waals surface area contributed by atoms with Crippen molar-refractivity contribution < 1.29 is 18.7 Å². The zero-order valence-electron chi connectivity index (χ0n) is 17.4. The van der Waals surface area contributed by atoms with Crippen LogP contribution in [0.3, 0.4) is 0 Å². The number of pyridine rings is 2. The first kappa shape index (κ1) is 19.9. The Balaban J connectivity index is 1.32. The summed E-state index contributed by atoms with van der Waals surface area (Å²) in [5, 5.41) is 6.35. The third-order valence-electron chi connectivity index (χ3n) is 6.83. The quantitative estimate of drug-likeness (QED) is 0.783. The molecule has 31 heavy (non-hydrogen) atoms. The third kappa shape index (κ3) is 3.98. The van der Waals surface area contributed by atoms with Gasteiger partial charge in [-0.3, -0.25) is 4.79 Å². The van der Waals surface area contributed by atoms with Gasteiger partial charge in [-0.05, 0) is 75.5 Å². The summed E-state index contributed by atoms with van der Waals surface area (Å²) in [5.74, 6) is 0.276. The molecule has 0 aromatic carbocycles. The first-order valence-electron chi connectivity index (χ1n) is 10.7. The second-order valence-electron chi connectivity index (χ2n) is 9.47. The molecule has 2 aromatic heterocycles. The van der Waals surface area contributed by atoms with E-state index in [9.17, 15) is 14.0 Å². The van der Waals surface area contributed by atoms with E-state index in [0.717, 1.165) is 44.0 Å². The molecule has 2 amide bonds. The molecule has 6 rings (SSSR count). The Labute approximate surface area is 179 Å². The third-order valence-corrected chi connectivity index (χ3v) is 6.83. The SMILES string of the molecule is Cc1cccc(C(=O)NC23CC4CC(CC(NC(=O)Oc5ccc(F)cn5)(C4)C2)C3)n1. The summed E-state index contributed by atoms with van der Waals surface area (Å²) in [4.78, 5) is 33.7. The maximum absolute atomic E-state index is 13.0. The number of halogens is 1. The fourth-order valence-corrected chi connectivity index (χ4v) is 6.29. The summed E-state index contributed by atoms with van der Waals surface area (Å²) in [6.45, 7) is 1.86. The summed E-state index contributed by atoms with van der Waals surface area (Å²) >= 11 is 0. The highest BCUT2D eigenvalue weighted by molar-refractivity contribution is 5.92. The highest BCUT2D eigenvalue weighted by Crippen LogP contribution is 2.57. The molecular formula is C23H25FN4O3. The van der Waals surface area contributed by atoms with E-state index in [1.807, 2.05) is 19.1 Å². The van der Waals surface area contributed by atoms with Gasteiger partial charge in [-0.2, -0.15) is 0 Å². The largest absolute Gasteiger partial charge is 0.414 e. The van der Waals surface area contributed by atoms with Crippen molar-refractivity contribution in [2.45, 2.75) is 56.5 Å². The molecule has 0 aliphatic heterocycles. The van der Waals surface area contributed by atoms with Crippen molar-refractivity contribution in [1.29, 1.82) is 0 Å². The zero-order valence-corrected chi connectivity index (χ0v) is 17.4. The van der Waals surface area contributed by atoms with Crippen molar-refractivity contribution in [3.63, 3.8) is 0 Å². The Kier molecular flexibility index (Phi) is 4.68. The Hall–Kier alpha value is -3.03. The lowest BCUT2D eigenvalue weighted by Gasteiger charge is -2.61. The number of nitrogens with zero attached hydrogens (tertiary/aromatic N) is 2. The molecule has 2 heterocycles. The highest BCUT2D eigenvalue weighted by Gasteiger charge is 2.59. The topological polar surface area (TPSA) is 93.2 Å². The Morgan fingerprint density at radius 3 is 2.42 bits per heavy atom. The minimum absolute atomic E-state index is 0.0529. The second kappa shape index (κ2) is 7.28. The predicted molar refractivity (Wildman–Crippen MR) is 110 cm³/mol. The van der Waals surface area contributed by atoms with Crippen LogP contribution in [0.5, 0.6) is 5.88 Å². The number of amides is 2. The lowest BCUT2D eigenvalue weighted by molar-refractivity contribution is -0.0450. The summed E-state index contributed by atoms with van der Waals surface area (Å²) in [7, 11) is 0. The molecule has 2 unspecified atom stereocenters. The van der Waals surface area contributed by atoms with E-state index in [2.05, 4.69) is 20.6 Å². The van der Waals surface area contributed by atoms with Gasteiger partial charge in [-0.25, -0.2) is 19.2 Å². The van der Waals surface area contributed by atoms with Crippen molar-refractivity contribution in [1.82, 2.24) is 20.6 Å². The zero-order chi connectivity index (χ0) is 21.6. The van der Waals surface area contributed by atoms with Gasteiger partial charge < -0.3 is 15.4 Å². The smallest absolute Gasteiger partial charge is 0.391 e. The van der Waals surface area contributed by atoms with Gasteiger partial charge in [0.25, 0.3) is 5.91 Å². The number of hydrogen-bond donors (Lipinski definition) is 2. The van der Waals surface area contributed by atoms with Crippen LogP contribution in [0.1, 0.15) is 54.7 Å². The summed E-state index contributed by atoms with van der Waals surface area (Å²) in [6, 6.07) is 7.95. The van der Waals surface area contributed by atoms with Crippen LogP contribution in [0.25, 0.3) is 0 Å². The Bertz CT molecular complexity index is 1010. The average Bonchev–Trinajstić information content (AvgIpc) is 2.68. The number of nitrogens with one attached hydrogen (secondary N) is 2. The number of rotatable bonds is 4. The van der Waals surface area contributed by atoms with Crippen LogP contribution >= 0.6 is 0 Å².